The highest BCUT2D eigenvalue weighted by Gasteiger charge is 2.34. The molecule has 1 fully saturated rings. The number of aryl methyl sites for hydroxylation is 1. The molecule has 0 radical (unpaired) electrons. The van der Waals surface area contributed by atoms with Gasteiger partial charge in [0.05, 0.1) is 24.3 Å². The van der Waals surface area contributed by atoms with Crippen LogP contribution >= 0.6 is 0 Å². The maximum Gasteiger partial charge on any atom is 0.417 e. The molecule has 0 unspecified atom stereocenters. The van der Waals surface area contributed by atoms with Crippen LogP contribution in [0, 0.1) is 6.92 Å². The minimum atomic E-state index is -4.54. The molecular weight excluding hydrogens is 435 g/mol. The normalized spacial score (nSPS) is 14.6. The van der Waals surface area contributed by atoms with Crippen molar-refractivity contribution in [2.45, 2.75) is 13.1 Å². The average molecular weight is 455 g/mol. The first-order chi connectivity index (χ1) is 15.9. The fraction of sp³-hybridized carbons (Fsp3) is 0.273. The maximum atomic E-state index is 13.6. The number of morpholine rings is 1. The molecule has 11 heteroatoms. The van der Waals surface area contributed by atoms with Crippen LogP contribution in [0.3, 0.4) is 0 Å². The third-order valence-corrected chi connectivity index (χ3v) is 5.36. The molecule has 3 heterocycles. The molecule has 0 atom stereocenters. The highest BCUT2D eigenvalue weighted by molar-refractivity contribution is 5.94. The molecule has 170 valence electrons. The molecule has 1 aliphatic heterocycles. The molecule has 5 rings (SSSR count). The number of fused-ring (bicyclic) bond motifs is 1. The predicted molar refractivity (Wildman–Crippen MR) is 117 cm³/mol. The van der Waals surface area contributed by atoms with Gasteiger partial charge in [-0.05, 0) is 31.2 Å². The number of H-pyrrole nitrogens is 1. The number of anilines is 3. The third-order valence-electron chi connectivity index (χ3n) is 5.36. The Morgan fingerprint density at radius 3 is 2.55 bits per heavy atom. The van der Waals surface area contributed by atoms with Crippen molar-refractivity contribution in [2.24, 2.45) is 0 Å². The maximum absolute atomic E-state index is 13.6. The summed E-state index contributed by atoms with van der Waals surface area (Å²) in [6.07, 6.45) is -4.54. The molecule has 33 heavy (non-hydrogen) atoms. The number of benzene rings is 2. The molecule has 0 aliphatic carbocycles. The van der Waals surface area contributed by atoms with Crippen molar-refractivity contribution in [3.05, 3.63) is 53.9 Å². The van der Waals surface area contributed by atoms with Crippen molar-refractivity contribution in [1.82, 2.24) is 25.1 Å². The summed E-state index contributed by atoms with van der Waals surface area (Å²) in [6.45, 7) is 4.49. The van der Waals surface area contributed by atoms with Crippen molar-refractivity contribution < 1.29 is 17.9 Å². The molecule has 1 saturated heterocycles. The zero-order valence-corrected chi connectivity index (χ0v) is 17.6. The van der Waals surface area contributed by atoms with E-state index in [1.165, 1.54) is 18.2 Å². The molecule has 8 nitrogen and oxygen atoms in total. The highest BCUT2D eigenvalue weighted by atomic mass is 19.4. The first-order valence-corrected chi connectivity index (χ1v) is 10.4. The Labute approximate surface area is 186 Å². The number of aromatic nitrogens is 5. The van der Waals surface area contributed by atoms with E-state index in [0.29, 0.717) is 35.8 Å². The largest absolute Gasteiger partial charge is 0.417 e. The van der Waals surface area contributed by atoms with Crippen LogP contribution in [0.4, 0.5) is 30.6 Å². The molecule has 2 aromatic heterocycles. The van der Waals surface area contributed by atoms with Gasteiger partial charge < -0.3 is 15.0 Å². The Morgan fingerprint density at radius 1 is 1.03 bits per heavy atom. The molecular formula is C22H20F3N7O. The summed E-state index contributed by atoms with van der Waals surface area (Å²) in [4.78, 5) is 15.4. The van der Waals surface area contributed by atoms with Gasteiger partial charge in [-0.2, -0.15) is 18.2 Å². The Hall–Kier alpha value is -3.73. The quantitative estimate of drug-likeness (QED) is 0.473. The summed E-state index contributed by atoms with van der Waals surface area (Å²) < 4.78 is 46.4. The molecule has 1 aliphatic rings. The lowest BCUT2D eigenvalue weighted by molar-refractivity contribution is -0.137. The van der Waals surface area contributed by atoms with E-state index in [1.54, 1.807) is 13.0 Å². The highest BCUT2D eigenvalue weighted by Crippen LogP contribution is 2.37. The minimum Gasteiger partial charge on any atom is -0.378 e. The van der Waals surface area contributed by atoms with E-state index >= 15 is 0 Å². The summed E-state index contributed by atoms with van der Waals surface area (Å²) in [5.74, 6) is 1.14. The van der Waals surface area contributed by atoms with Crippen molar-refractivity contribution >= 4 is 28.4 Å². The second kappa shape index (κ2) is 8.32. The predicted octanol–water partition coefficient (Wildman–Crippen LogP) is 4.32. The topological polar surface area (TPSA) is 91.8 Å². The van der Waals surface area contributed by atoms with Crippen LogP contribution in [-0.2, 0) is 10.9 Å². The Balaban J connectivity index is 1.66. The van der Waals surface area contributed by atoms with Gasteiger partial charge in [0.2, 0.25) is 5.95 Å². The zero-order valence-electron chi connectivity index (χ0n) is 17.6. The fourth-order valence-corrected chi connectivity index (χ4v) is 3.78. The molecule has 0 saturated carbocycles. The van der Waals surface area contributed by atoms with Crippen molar-refractivity contribution in [1.29, 1.82) is 0 Å². The summed E-state index contributed by atoms with van der Waals surface area (Å²) in [7, 11) is 0. The smallest absolute Gasteiger partial charge is 0.378 e. The van der Waals surface area contributed by atoms with Crippen LogP contribution in [0.1, 0.15) is 11.4 Å². The Bertz CT molecular complexity index is 1300. The van der Waals surface area contributed by atoms with Crippen LogP contribution in [0.25, 0.3) is 22.3 Å². The van der Waals surface area contributed by atoms with E-state index in [-0.39, 0.29) is 17.3 Å². The summed E-state index contributed by atoms with van der Waals surface area (Å²) in [5, 5.41) is 10.5. The van der Waals surface area contributed by atoms with Gasteiger partial charge in [0.15, 0.2) is 5.82 Å². The lowest BCUT2D eigenvalue weighted by atomic mass is 10.1. The molecule has 2 aromatic carbocycles. The molecule has 0 spiro atoms. The van der Waals surface area contributed by atoms with Gasteiger partial charge in [-0.25, -0.2) is 9.97 Å². The summed E-state index contributed by atoms with van der Waals surface area (Å²) in [6, 6.07) is 10.9. The minimum absolute atomic E-state index is 0.0377. The van der Waals surface area contributed by atoms with E-state index in [2.05, 4.69) is 35.4 Å². The van der Waals surface area contributed by atoms with Crippen molar-refractivity contribution in [2.75, 3.05) is 36.5 Å². The van der Waals surface area contributed by atoms with E-state index in [9.17, 15) is 13.2 Å². The standard InChI is InChI=1S/C22H20F3N7O/c1-13-26-21(31-30-13)29-20-16-12-14(32-8-10-33-11-9-32)6-7-18(16)27-19(28-20)15-4-2-3-5-17(15)22(23,24)25/h2-7,12H,8-11H2,1H3,(H2,26,27,28,29,30,31). The number of alkyl halides is 3. The van der Waals surface area contributed by atoms with E-state index in [4.69, 9.17) is 4.74 Å². The Morgan fingerprint density at radius 2 is 1.82 bits per heavy atom. The van der Waals surface area contributed by atoms with Gasteiger partial charge in [-0.15, -0.1) is 5.10 Å². The zero-order chi connectivity index (χ0) is 23.0. The van der Waals surface area contributed by atoms with Crippen LogP contribution in [0.2, 0.25) is 0 Å². The van der Waals surface area contributed by atoms with E-state index < -0.39 is 11.7 Å². The van der Waals surface area contributed by atoms with E-state index in [1.807, 2.05) is 12.1 Å². The van der Waals surface area contributed by atoms with E-state index in [0.717, 1.165) is 24.8 Å². The fourth-order valence-electron chi connectivity index (χ4n) is 3.78. The number of ether oxygens (including phenoxy) is 1. The SMILES string of the molecule is Cc1nc(Nc2nc(-c3ccccc3C(F)(F)F)nc3ccc(N4CCOCC4)cc23)n[nH]1. The lowest BCUT2D eigenvalue weighted by Gasteiger charge is -2.29. The molecule has 0 bridgehead atoms. The second-order valence-corrected chi connectivity index (χ2v) is 7.61. The second-order valence-electron chi connectivity index (χ2n) is 7.61. The molecule has 4 aromatic rings. The van der Waals surface area contributed by atoms with Gasteiger partial charge in [0, 0.05) is 29.7 Å². The van der Waals surface area contributed by atoms with Gasteiger partial charge in [-0.3, -0.25) is 5.10 Å². The van der Waals surface area contributed by atoms with Crippen LogP contribution in [0.5, 0.6) is 0 Å². The van der Waals surface area contributed by atoms with Crippen LogP contribution in [0.15, 0.2) is 42.5 Å². The number of hydrogen-bond donors (Lipinski definition) is 2. The first kappa shape index (κ1) is 21.1. The van der Waals surface area contributed by atoms with Gasteiger partial charge in [0.25, 0.3) is 0 Å². The monoisotopic (exact) mass is 455 g/mol. The number of nitrogens with one attached hydrogen (secondary N) is 2. The molecule has 0 amide bonds. The van der Waals surface area contributed by atoms with Gasteiger partial charge in [-0.1, -0.05) is 18.2 Å². The van der Waals surface area contributed by atoms with Gasteiger partial charge in [0.1, 0.15) is 11.6 Å². The summed E-state index contributed by atoms with van der Waals surface area (Å²) in [5.41, 5.74) is 0.558. The van der Waals surface area contributed by atoms with Crippen molar-refractivity contribution in [3.8, 4) is 11.4 Å². The number of nitrogens with zero attached hydrogens (tertiary/aromatic N) is 5. The third kappa shape index (κ3) is 4.31. The average Bonchev–Trinajstić information content (AvgIpc) is 3.23. The molecule has 2 N–H and O–H groups in total. The van der Waals surface area contributed by atoms with Gasteiger partial charge >= 0.3 is 6.18 Å². The van der Waals surface area contributed by atoms with Crippen LogP contribution in [-0.4, -0.2) is 51.5 Å². The first-order valence-electron chi connectivity index (χ1n) is 10.4. The lowest BCUT2D eigenvalue weighted by Crippen LogP contribution is -2.36. The number of hydrogen-bond acceptors (Lipinski definition) is 7. The number of halogens is 3. The van der Waals surface area contributed by atoms with Crippen LogP contribution < -0.4 is 10.2 Å². The summed E-state index contributed by atoms with van der Waals surface area (Å²) >= 11 is 0. The Kier molecular flexibility index (Phi) is 5.33. The number of aromatic amines is 1. The van der Waals surface area contributed by atoms with Crippen molar-refractivity contribution in [3.63, 3.8) is 0 Å². The number of rotatable bonds is 4.